The molecule has 1 aliphatic carbocycles. The van der Waals surface area contributed by atoms with Crippen LogP contribution in [0.3, 0.4) is 0 Å². The Labute approximate surface area is 236 Å². The molecule has 4 aromatic rings. The van der Waals surface area contributed by atoms with E-state index in [1.807, 2.05) is 40.9 Å². The molecular formula is C30H31BrClN5O. The fourth-order valence-electron chi connectivity index (χ4n) is 6.12. The number of rotatable bonds is 5. The van der Waals surface area contributed by atoms with Gasteiger partial charge in [0.2, 0.25) is 5.91 Å². The minimum Gasteiger partial charge on any atom is -0.367 e. The number of carbonyl (C=O) groups excluding carboxylic acids is 1. The Morgan fingerprint density at radius 2 is 1.71 bits per heavy atom. The van der Waals surface area contributed by atoms with Gasteiger partial charge in [-0.2, -0.15) is 9.61 Å². The first kappa shape index (κ1) is 25.4. The number of nitrogens with one attached hydrogen (secondary N) is 1. The summed E-state index contributed by atoms with van der Waals surface area (Å²) >= 11 is 10.1. The van der Waals surface area contributed by atoms with Gasteiger partial charge in [-0.3, -0.25) is 4.79 Å². The highest BCUT2D eigenvalue weighted by atomic mass is 79.9. The molecule has 8 heteroatoms. The van der Waals surface area contributed by atoms with Crippen molar-refractivity contribution >= 4 is 44.9 Å². The number of aromatic nitrogens is 3. The maximum Gasteiger partial charge on any atom is 0.233 e. The molecule has 0 spiro atoms. The normalized spacial score (nSPS) is 18.0. The Morgan fingerprint density at radius 1 is 1.00 bits per heavy atom. The molecule has 2 aromatic heterocycles. The van der Waals surface area contributed by atoms with Crippen LogP contribution in [-0.2, 0) is 10.2 Å². The minimum atomic E-state index is -0.373. The van der Waals surface area contributed by atoms with E-state index in [1.54, 1.807) is 6.20 Å². The van der Waals surface area contributed by atoms with E-state index in [2.05, 4.69) is 55.5 Å². The van der Waals surface area contributed by atoms with E-state index in [4.69, 9.17) is 16.6 Å². The summed E-state index contributed by atoms with van der Waals surface area (Å²) in [5.74, 6) is 1.18. The first-order chi connectivity index (χ1) is 18.5. The van der Waals surface area contributed by atoms with Crippen LogP contribution in [0.25, 0.3) is 16.9 Å². The van der Waals surface area contributed by atoms with E-state index in [0.717, 1.165) is 78.8 Å². The second-order valence-electron chi connectivity index (χ2n) is 10.5. The summed E-state index contributed by atoms with van der Waals surface area (Å²) in [7, 11) is 0. The Morgan fingerprint density at radius 3 is 2.45 bits per heavy atom. The van der Waals surface area contributed by atoms with Crippen LogP contribution in [0.1, 0.15) is 50.5 Å². The highest BCUT2D eigenvalue weighted by molar-refractivity contribution is 9.10. The number of benzene rings is 2. The molecule has 3 heterocycles. The Balaban J connectivity index is 1.21. The number of anilines is 1. The lowest BCUT2D eigenvalue weighted by molar-refractivity contribution is -0.139. The summed E-state index contributed by atoms with van der Waals surface area (Å²) in [5, 5.41) is 8.90. The molecule has 196 valence electrons. The van der Waals surface area contributed by atoms with Crippen LogP contribution >= 0.6 is 27.5 Å². The predicted molar refractivity (Wildman–Crippen MR) is 156 cm³/mol. The van der Waals surface area contributed by atoms with Crippen LogP contribution in [0.4, 0.5) is 5.82 Å². The molecule has 1 aliphatic heterocycles. The standard InChI is InChI=1S/C30H31BrClN5O/c31-24-20-33-37-27(19-26(35-28(24)37)23-11-5-6-12-25(23)32)34-22-13-17-36(18-14-22)29(38)30(15-7-2-8-16-30)21-9-3-1-4-10-21/h1,3-6,9-12,19-20,22,34H,2,7-8,13-18H2. The van der Waals surface area contributed by atoms with Gasteiger partial charge in [0.1, 0.15) is 5.82 Å². The van der Waals surface area contributed by atoms with Crippen LogP contribution in [0.2, 0.25) is 5.02 Å². The van der Waals surface area contributed by atoms with Gasteiger partial charge in [-0.1, -0.05) is 79.4 Å². The Kier molecular flexibility index (Phi) is 7.14. The summed E-state index contributed by atoms with van der Waals surface area (Å²) in [5.41, 5.74) is 3.22. The lowest BCUT2D eigenvalue weighted by Crippen LogP contribution is -2.51. The second kappa shape index (κ2) is 10.7. The zero-order chi connectivity index (χ0) is 26.1. The van der Waals surface area contributed by atoms with Crippen molar-refractivity contribution < 1.29 is 4.79 Å². The van der Waals surface area contributed by atoms with Gasteiger partial charge in [-0.05, 0) is 53.2 Å². The van der Waals surface area contributed by atoms with Crippen LogP contribution < -0.4 is 5.32 Å². The lowest BCUT2D eigenvalue weighted by atomic mass is 9.68. The molecule has 0 unspecified atom stereocenters. The molecule has 1 N–H and O–H groups in total. The largest absolute Gasteiger partial charge is 0.367 e. The number of carbonyl (C=O) groups is 1. The number of hydrogen-bond donors (Lipinski definition) is 1. The predicted octanol–water partition coefficient (Wildman–Crippen LogP) is 7.12. The highest BCUT2D eigenvalue weighted by Gasteiger charge is 2.44. The summed E-state index contributed by atoms with van der Waals surface area (Å²) < 4.78 is 2.66. The number of hydrogen-bond acceptors (Lipinski definition) is 4. The van der Waals surface area contributed by atoms with E-state index in [9.17, 15) is 4.79 Å². The van der Waals surface area contributed by atoms with Crippen LogP contribution in [0, 0.1) is 0 Å². The van der Waals surface area contributed by atoms with Crippen molar-refractivity contribution in [3.05, 3.63) is 81.9 Å². The highest BCUT2D eigenvalue weighted by Crippen LogP contribution is 2.41. The van der Waals surface area contributed by atoms with Gasteiger partial charge in [0.15, 0.2) is 5.65 Å². The second-order valence-corrected chi connectivity index (χ2v) is 11.7. The van der Waals surface area contributed by atoms with Crippen LogP contribution in [0.15, 0.2) is 71.3 Å². The summed E-state index contributed by atoms with van der Waals surface area (Å²) in [6.07, 6.45) is 8.86. The first-order valence-electron chi connectivity index (χ1n) is 13.5. The van der Waals surface area contributed by atoms with E-state index in [1.165, 1.54) is 12.0 Å². The van der Waals surface area contributed by atoms with Gasteiger partial charge < -0.3 is 10.2 Å². The number of likely N-dealkylation sites (tertiary alicyclic amines) is 1. The lowest BCUT2D eigenvalue weighted by Gasteiger charge is -2.42. The zero-order valence-electron chi connectivity index (χ0n) is 21.2. The average Bonchev–Trinajstić information content (AvgIpc) is 3.35. The molecular weight excluding hydrogens is 562 g/mol. The average molecular weight is 593 g/mol. The molecule has 2 fully saturated rings. The molecule has 38 heavy (non-hydrogen) atoms. The van der Waals surface area contributed by atoms with Gasteiger partial charge in [-0.25, -0.2) is 4.98 Å². The third kappa shape index (κ3) is 4.71. The zero-order valence-corrected chi connectivity index (χ0v) is 23.6. The summed E-state index contributed by atoms with van der Waals surface area (Å²) in [6.45, 7) is 1.50. The third-order valence-corrected chi connectivity index (χ3v) is 9.04. The van der Waals surface area contributed by atoms with E-state index in [0.29, 0.717) is 10.9 Å². The van der Waals surface area contributed by atoms with Gasteiger partial charge in [-0.15, -0.1) is 0 Å². The summed E-state index contributed by atoms with van der Waals surface area (Å²) in [6, 6.07) is 20.4. The minimum absolute atomic E-state index is 0.228. The van der Waals surface area contributed by atoms with Gasteiger partial charge in [0.05, 0.1) is 21.8 Å². The molecule has 2 aromatic carbocycles. The number of piperidine rings is 1. The van der Waals surface area contributed by atoms with Crippen LogP contribution in [-0.4, -0.2) is 44.5 Å². The fraction of sp³-hybridized carbons (Fsp3) is 0.367. The third-order valence-electron chi connectivity index (χ3n) is 8.16. The topological polar surface area (TPSA) is 62.5 Å². The van der Waals surface area contributed by atoms with E-state index >= 15 is 0 Å². The van der Waals surface area contributed by atoms with Gasteiger partial charge in [0, 0.05) is 35.8 Å². The molecule has 0 bridgehead atoms. The van der Waals surface area contributed by atoms with Crippen molar-refractivity contribution in [1.29, 1.82) is 0 Å². The van der Waals surface area contributed by atoms with E-state index in [-0.39, 0.29) is 11.5 Å². The SMILES string of the molecule is O=C(N1CCC(Nc2cc(-c3ccccc3Cl)nc3c(Br)cnn23)CC1)C1(c2ccccc2)CCCCC1. The maximum atomic E-state index is 14.0. The van der Waals surface area contributed by atoms with Gasteiger partial charge in [0.25, 0.3) is 0 Å². The number of nitrogens with zero attached hydrogens (tertiary/aromatic N) is 4. The monoisotopic (exact) mass is 591 g/mol. The quantitative estimate of drug-likeness (QED) is 0.268. The van der Waals surface area contributed by atoms with Gasteiger partial charge >= 0.3 is 0 Å². The summed E-state index contributed by atoms with van der Waals surface area (Å²) in [4.78, 5) is 20.9. The Hall–Kier alpha value is -2.90. The van der Waals surface area contributed by atoms with Crippen molar-refractivity contribution in [2.75, 3.05) is 18.4 Å². The molecule has 2 aliphatic rings. The molecule has 0 atom stereocenters. The molecule has 6 rings (SSSR count). The van der Waals surface area contributed by atoms with E-state index < -0.39 is 0 Å². The fourth-order valence-corrected chi connectivity index (χ4v) is 6.70. The maximum absolute atomic E-state index is 14.0. The molecule has 1 amide bonds. The van der Waals surface area contributed by atoms with Crippen molar-refractivity contribution in [2.45, 2.75) is 56.4 Å². The number of fused-ring (bicyclic) bond motifs is 1. The first-order valence-corrected chi connectivity index (χ1v) is 14.6. The van der Waals surface area contributed by atoms with Crippen molar-refractivity contribution in [1.82, 2.24) is 19.5 Å². The van der Waals surface area contributed by atoms with Crippen molar-refractivity contribution in [3.8, 4) is 11.3 Å². The molecule has 0 radical (unpaired) electrons. The number of amides is 1. The molecule has 1 saturated carbocycles. The Bertz CT molecular complexity index is 1440. The smallest absolute Gasteiger partial charge is 0.233 e. The number of halogens is 2. The molecule has 6 nitrogen and oxygen atoms in total. The van der Waals surface area contributed by atoms with Crippen molar-refractivity contribution in [3.63, 3.8) is 0 Å². The van der Waals surface area contributed by atoms with Crippen LogP contribution in [0.5, 0.6) is 0 Å². The molecule has 1 saturated heterocycles. The van der Waals surface area contributed by atoms with Crippen molar-refractivity contribution in [2.24, 2.45) is 0 Å².